The maximum Gasteiger partial charge on any atom is 0.274 e. The van der Waals surface area contributed by atoms with Crippen LogP contribution in [0.2, 0.25) is 0 Å². The molecule has 1 aliphatic rings. The molecule has 1 aliphatic heterocycles. The summed E-state index contributed by atoms with van der Waals surface area (Å²) in [5, 5.41) is 0. The van der Waals surface area contributed by atoms with Gasteiger partial charge in [-0.1, -0.05) is 0 Å². The minimum Gasteiger partial charge on any atom is -0.486 e. The first kappa shape index (κ1) is 12.7. The molecule has 1 N–H and O–H groups in total. The van der Waals surface area contributed by atoms with Crippen LogP contribution in [0.4, 0.5) is 0 Å². The molecule has 0 saturated carbocycles. The zero-order chi connectivity index (χ0) is 13.2. The Morgan fingerprint density at radius 1 is 1.22 bits per heavy atom. The molecule has 0 saturated heterocycles. The molecule has 18 heavy (non-hydrogen) atoms. The molecule has 0 unspecified atom stereocenters. The summed E-state index contributed by atoms with van der Waals surface area (Å²) in [6, 6.07) is 5.05. The van der Waals surface area contributed by atoms with Crippen LogP contribution in [0.5, 0.6) is 11.5 Å². The van der Waals surface area contributed by atoms with E-state index in [0.717, 1.165) is 0 Å². The van der Waals surface area contributed by atoms with Crippen molar-refractivity contribution in [2.45, 2.75) is 26.4 Å². The molecule has 2 rings (SSSR count). The second-order valence-corrected chi connectivity index (χ2v) is 5.00. The number of carbonyl (C=O) groups is 1. The predicted octanol–water partition coefficient (Wildman–Crippen LogP) is 1.92. The molecule has 0 atom stereocenters. The molecule has 98 valence electrons. The summed E-state index contributed by atoms with van der Waals surface area (Å²) >= 11 is 0. The Balaban J connectivity index is 2.07. The fourth-order valence-electron chi connectivity index (χ4n) is 1.44. The Labute approximate surface area is 106 Å². The minimum absolute atomic E-state index is 0.304. The van der Waals surface area contributed by atoms with Gasteiger partial charge in [0, 0.05) is 5.56 Å². The lowest BCUT2D eigenvalue weighted by molar-refractivity contribution is -0.0589. The summed E-state index contributed by atoms with van der Waals surface area (Å²) in [6.45, 7) is 6.60. The first-order chi connectivity index (χ1) is 8.46. The van der Waals surface area contributed by atoms with E-state index in [1.807, 2.05) is 20.8 Å². The molecule has 1 heterocycles. The number of hydrogen-bond acceptors (Lipinski definition) is 4. The summed E-state index contributed by atoms with van der Waals surface area (Å²) in [6.07, 6.45) is 0. The van der Waals surface area contributed by atoms with Crippen molar-refractivity contribution in [2.75, 3.05) is 13.2 Å². The highest BCUT2D eigenvalue weighted by atomic mass is 16.7. The van der Waals surface area contributed by atoms with Crippen molar-refractivity contribution in [3.05, 3.63) is 23.8 Å². The third kappa shape index (κ3) is 3.13. The summed E-state index contributed by atoms with van der Waals surface area (Å²) in [5.41, 5.74) is 2.46. The van der Waals surface area contributed by atoms with Crippen molar-refractivity contribution in [2.24, 2.45) is 0 Å². The average Bonchev–Trinajstić information content (AvgIpc) is 2.34. The molecule has 0 radical (unpaired) electrons. The predicted molar refractivity (Wildman–Crippen MR) is 65.7 cm³/mol. The third-order valence-electron chi connectivity index (χ3n) is 2.25. The topological polar surface area (TPSA) is 56.8 Å². The Hall–Kier alpha value is -1.75. The van der Waals surface area contributed by atoms with Gasteiger partial charge in [-0.05, 0) is 39.0 Å². The normalized spacial score (nSPS) is 14.2. The Morgan fingerprint density at radius 3 is 2.56 bits per heavy atom. The molecule has 5 nitrogen and oxygen atoms in total. The first-order valence-electron chi connectivity index (χ1n) is 5.84. The highest BCUT2D eigenvalue weighted by Crippen LogP contribution is 2.30. The van der Waals surface area contributed by atoms with E-state index >= 15 is 0 Å². The molecule has 5 heteroatoms. The fraction of sp³-hybridized carbons (Fsp3) is 0.462. The standard InChI is InChI=1S/C13H17NO4/c1-13(2,3)18-14-12(15)9-4-5-10-11(8-9)17-7-6-16-10/h4-5,8H,6-7H2,1-3H3,(H,14,15). The third-order valence-corrected chi connectivity index (χ3v) is 2.25. The monoisotopic (exact) mass is 251 g/mol. The molecule has 0 spiro atoms. The maximum absolute atomic E-state index is 11.8. The number of amides is 1. The van der Waals surface area contributed by atoms with Crippen molar-refractivity contribution in [1.29, 1.82) is 0 Å². The second kappa shape index (κ2) is 4.86. The van der Waals surface area contributed by atoms with E-state index in [1.165, 1.54) is 0 Å². The van der Waals surface area contributed by atoms with Crippen molar-refractivity contribution in [1.82, 2.24) is 5.48 Å². The van der Waals surface area contributed by atoms with Gasteiger partial charge in [-0.2, -0.15) is 0 Å². The van der Waals surface area contributed by atoms with Crippen LogP contribution in [0.25, 0.3) is 0 Å². The van der Waals surface area contributed by atoms with Crippen LogP contribution in [-0.4, -0.2) is 24.7 Å². The van der Waals surface area contributed by atoms with Crippen LogP contribution in [0, 0.1) is 0 Å². The van der Waals surface area contributed by atoms with Crippen LogP contribution < -0.4 is 15.0 Å². The largest absolute Gasteiger partial charge is 0.486 e. The number of carbonyl (C=O) groups excluding carboxylic acids is 1. The highest BCUT2D eigenvalue weighted by Gasteiger charge is 2.17. The average molecular weight is 251 g/mol. The number of hydroxylamine groups is 1. The second-order valence-electron chi connectivity index (χ2n) is 5.00. The zero-order valence-electron chi connectivity index (χ0n) is 10.8. The van der Waals surface area contributed by atoms with Crippen LogP contribution >= 0.6 is 0 Å². The van der Waals surface area contributed by atoms with Gasteiger partial charge in [0.15, 0.2) is 11.5 Å². The van der Waals surface area contributed by atoms with Crippen molar-refractivity contribution < 1.29 is 19.1 Å². The van der Waals surface area contributed by atoms with E-state index in [2.05, 4.69) is 5.48 Å². The SMILES string of the molecule is CC(C)(C)ONC(=O)c1ccc2c(c1)OCCO2. The van der Waals surface area contributed by atoms with E-state index in [0.29, 0.717) is 30.3 Å². The number of nitrogens with one attached hydrogen (secondary N) is 1. The fourth-order valence-corrected chi connectivity index (χ4v) is 1.44. The van der Waals surface area contributed by atoms with Crippen LogP contribution in [0.15, 0.2) is 18.2 Å². The van der Waals surface area contributed by atoms with Gasteiger partial charge in [0.05, 0.1) is 5.60 Å². The van der Waals surface area contributed by atoms with E-state index in [-0.39, 0.29) is 5.91 Å². The molecule has 1 aromatic carbocycles. The van der Waals surface area contributed by atoms with Crippen molar-refractivity contribution in [3.63, 3.8) is 0 Å². The Kier molecular flexibility index (Phi) is 3.43. The minimum atomic E-state index is -0.427. The number of ether oxygens (including phenoxy) is 2. The summed E-state index contributed by atoms with van der Waals surface area (Å²) in [5.74, 6) is 0.945. The van der Waals surface area contributed by atoms with E-state index in [9.17, 15) is 4.79 Å². The van der Waals surface area contributed by atoms with Gasteiger partial charge >= 0.3 is 0 Å². The highest BCUT2D eigenvalue weighted by molar-refractivity contribution is 5.94. The molecule has 1 amide bonds. The van der Waals surface area contributed by atoms with Gasteiger partial charge in [0.1, 0.15) is 13.2 Å². The van der Waals surface area contributed by atoms with E-state index in [4.69, 9.17) is 14.3 Å². The number of benzene rings is 1. The Morgan fingerprint density at radius 2 is 1.89 bits per heavy atom. The molecule has 0 bridgehead atoms. The number of fused-ring (bicyclic) bond motifs is 1. The number of rotatable bonds is 2. The molecular weight excluding hydrogens is 234 g/mol. The van der Waals surface area contributed by atoms with Gasteiger partial charge in [-0.25, -0.2) is 5.48 Å². The van der Waals surface area contributed by atoms with E-state index < -0.39 is 5.60 Å². The summed E-state index contributed by atoms with van der Waals surface area (Å²) < 4.78 is 10.8. The lowest BCUT2D eigenvalue weighted by Gasteiger charge is -2.20. The lowest BCUT2D eigenvalue weighted by Crippen LogP contribution is -2.33. The molecule has 0 aromatic heterocycles. The van der Waals surface area contributed by atoms with Crippen LogP contribution in [0.1, 0.15) is 31.1 Å². The van der Waals surface area contributed by atoms with Crippen molar-refractivity contribution in [3.8, 4) is 11.5 Å². The Bertz CT molecular complexity index is 451. The van der Waals surface area contributed by atoms with Gasteiger partial charge in [-0.15, -0.1) is 0 Å². The van der Waals surface area contributed by atoms with Crippen LogP contribution in [0.3, 0.4) is 0 Å². The van der Waals surface area contributed by atoms with Gasteiger partial charge in [0.2, 0.25) is 0 Å². The van der Waals surface area contributed by atoms with Gasteiger partial charge in [0.25, 0.3) is 5.91 Å². The van der Waals surface area contributed by atoms with Gasteiger partial charge in [-0.3, -0.25) is 9.63 Å². The van der Waals surface area contributed by atoms with Crippen molar-refractivity contribution >= 4 is 5.91 Å². The first-order valence-corrected chi connectivity index (χ1v) is 5.84. The number of hydrogen-bond donors (Lipinski definition) is 1. The lowest BCUT2D eigenvalue weighted by atomic mass is 10.2. The van der Waals surface area contributed by atoms with Gasteiger partial charge < -0.3 is 9.47 Å². The summed E-state index contributed by atoms with van der Waals surface area (Å²) in [7, 11) is 0. The molecule has 1 aromatic rings. The maximum atomic E-state index is 11.8. The van der Waals surface area contributed by atoms with Crippen LogP contribution in [-0.2, 0) is 4.84 Å². The zero-order valence-corrected chi connectivity index (χ0v) is 10.8. The molecule has 0 fully saturated rings. The smallest absolute Gasteiger partial charge is 0.274 e. The van der Waals surface area contributed by atoms with E-state index in [1.54, 1.807) is 18.2 Å². The quantitative estimate of drug-likeness (QED) is 0.816. The summed E-state index contributed by atoms with van der Waals surface area (Å²) in [4.78, 5) is 17.1. The molecular formula is C13H17NO4. The molecule has 0 aliphatic carbocycles.